The van der Waals surface area contributed by atoms with Crippen LogP contribution in [0.4, 0.5) is 25.2 Å². The zero-order valence-corrected chi connectivity index (χ0v) is 23.9. The number of benzene rings is 2. The van der Waals surface area contributed by atoms with Crippen molar-refractivity contribution in [3.8, 4) is 5.69 Å². The van der Waals surface area contributed by atoms with Gasteiger partial charge in [-0.15, -0.1) is 5.10 Å². The van der Waals surface area contributed by atoms with Gasteiger partial charge in [0.2, 0.25) is 5.95 Å². The zero-order chi connectivity index (χ0) is 29.9. The largest absolute Gasteiger partial charge is 0.383 e. The third-order valence-electron chi connectivity index (χ3n) is 7.82. The molecule has 224 valence electrons. The second-order valence-corrected chi connectivity index (χ2v) is 10.7. The van der Waals surface area contributed by atoms with Gasteiger partial charge in [-0.3, -0.25) is 10.2 Å². The lowest BCUT2D eigenvalue weighted by atomic mass is 9.91. The van der Waals surface area contributed by atoms with Gasteiger partial charge >= 0.3 is 6.03 Å². The molecule has 2 aliphatic rings. The number of methoxy groups -OCH3 is 1. The van der Waals surface area contributed by atoms with E-state index in [0.717, 1.165) is 35.7 Å². The Kier molecular flexibility index (Phi) is 8.32. The summed E-state index contributed by atoms with van der Waals surface area (Å²) in [5.74, 6) is 0.683. The van der Waals surface area contributed by atoms with Crippen molar-refractivity contribution in [1.82, 2.24) is 25.1 Å². The van der Waals surface area contributed by atoms with E-state index in [1.807, 2.05) is 49.4 Å². The van der Waals surface area contributed by atoms with Gasteiger partial charge in [0.05, 0.1) is 18.3 Å². The molecule has 0 bridgehead atoms. The predicted octanol–water partition coefficient (Wildman–Crippen LogP) is 4.58. The predicted molar refractivity (Wildman–Crippen MR) is 157 cm³/mol. The number of amides is 2. The Bertz CT molecular complexity index is 1560. The number of ether oxygens (including phenoxy) is 1. The molecule has 0 saturated carbocycles. The number of para-hydroxylation sites is 1. The number of anilines is 2. The van der Waals surface area contributed by atoms with Crippen LogP contribution >= 0.6 is 0 Å². The van der Waals surface area contributed by atoms with Gasteiger partial charge in [0.25, 0.3) is 0 Å². The second kappa shape index (κ2) is 12.5. The summed E-state index contributed by atoms with van der Waals surface area (Å²) in [4.78, 5) is 25.4. The first-order chi connectivity index (χ1) is 20.9. The molecule has 2 N–H and O–H groups in total. The van der Waals surface area contributed by atoms with Crippen LogP contribution in [0.15, 0.2) is 72.9 Å². The average molecular weight is 590 g/mol. The highest BCUT2D eigenvalue weighted by molar-refractivity contribution is 5.90. The van der Waals surface area contributed by atoms with E-state index in [-0.39, 0.29) is 11.7 Å². The molecule has 0 spiro atoms. The van der Waals surface area contributed by atoms with Crippen molar-refractivity contribution < 1.29 is 23.1 Å². The smallest absolute Gasteiger partial charge is 0.320 e. The molecule has 12 heteroatoms. The number of rotatable bonds is 9. The quantitative estimate of drug-likeness (QED) is 0.276. The maximum atomic E-state index is 14.0. The van der Waals surface area contributed by atoms with Gasteiger partial charge < -0.3 is 15.0 Å². The lowest BCUT2D eigenvalue weighted by Gasteiger charge is -2.40. The van der Waals surface area contributed by atoms with Crippen molar-refractivity contribution in [2.75, 3.05) is 50.1 Å². The SMILES string of the molecule is COCCN1C[C@@H](NC(=O)Nc2c(C)c(N3CC(c4ccc(F)cc4)C3)nn2-c2ccccc2)[C@H](c2ccnc(F)c2)O1. The van der Waals surface area contributed by atoms with E-state index in [1.54, 1.807) is 22.9 Å². The summed E-state index contributed by atoms with van der Waals surface area (Å²) in [5, 5.41) is 12.6. The van der Waals surface area contributed by atoms with Gasteiger partial charge in [-0.05, 0) is 54.4 Å². The highest BCUT2D eigenvalue weighted by Crippen LogP contribution is 2.36. The Labute approximate surface area is 248 Å². The fourth-order valence-electron chi connectivity index (χ4n) is 5.54. The van der Waals surface area contributed by atoms with Crippen LogP contribution in [-0.2, 0) is 9.57 Å². The molecular formula is C31H33F2N7O3. The van der Waals surface area contributed by atoms with E-state index in [4.69, 9.17) is 14.7 Å². The van der Waals surface area contributed by atoms with Crippen molar-refractivity contribution in [2.24, 2.45) is 0 Å². The first-order valence-electron chi connectivity index (χ1n) is 14.1. The highest BCUT2D eigenvalue weighted by Gasteiger charge is 2.37. The molecule has 2 aromatic heterocycles. The summed E-state index contributed by atoms with van der Waals surface area (Å²) in [5.41, 5.74) is 3.26. The fraction of sp³-hybridized carbons (Fsp3) is 0.323. The summed E-state index contributed by atoms with van der Waals surface area (Å²) in [6.07, 6.45) is 0.767. The molecule has 2 amide bonds. The topological polar surface area (TPSA) is 96.8 Å². The summed E-state index contributed by atoms with van der Waals surface area (Å²) >= 11 is 0. The van der Waals surface area contributed by atoms with Crippen LogP contribution in [0, 0.1) is 18.7 Å². The number of nitrogens with one attached hydrogen (secondary N) is 2. The molecule has 2 aliphatic heterocycles. The van der Waals surface area contributed by atoms with Crippen LogP contribution in [0.2, 0.25) is 0 Å². The Morgan fingerprint density at radius 1 is 1.05 bits per heavy atom. The molecule has 2 fully saturated rings. The molecule has 0 unspecified atom stereocenters. The molecule has 10 nitrogen and oxygen atoms in total. The number of hydroxylamine groups is 2. The van der Waals surface area contributed by atoms with Crippen LogP contribution < -0.4 is 15.5 Å². The van der Waals surface area contributed by atoms with Gasteiger partial charge in [-0.1, -0.05) is 30.3 Å². The van der Waals surface area contributed by atoms with Gasteiger partial charge in [0.15, 0.2) is 5.82 Å². The minimum absolute atomic E-state index is 0.252. The molecule has 4 aromatic rings. The summed E-state index contributed by atoms with van der Waals surface area (Å²) < 4.78 is 34.3. The zero-order valence-electron chi connectivity index (χ0n) is 23.9. The Morgan fingerprint density at radius 2 is 1.81 bits per heavy atom. The van der Waals surface area contributed by atoms with Crippen molar-refractivity contribution in [3.05, 3.63) is 101 Å². The van der Waals surface area contributed by atoms with Crippen LogP contribution in [0.5, 0.6) is 0 Å². The van der Waals surface area contributed by atoms with Crippen molar-refractivity contribution >= 4 is 17.7 Å². The van der Waals surface area contributed by atoms with Gasteiger partial charge in [0, 0.05) is 51.0 Å². The summed E-state index contributed by atoms with van der Waals surface area (Å²) in [6, 6.07) is 18.2. The first-order valence-corrected chi connectivity index (χ1v) is 14.1. The van der Waals surface area contributed by atoms with E-state index in [9.17, 15) is 13.6 Å². The third-order valence-corrected chi connectivity index (χ3v) is 7.82. The van der Waals surface area contributed by atoms with Crippen LogP contribution in [0.1, 0.15) is 28.7 Å². The number of aromatic nitrogens is 3. The molecule has 0 aliphatic carbocycles. The van der Waals surface area contributed by atoms with Gasteiger partial charge in [0.1, 0.15) is 17.7 Å². The molecule has 6 rings (SSSR count). The molecule has 43 heavy (non-hydrogen) atoms. The molecule has 2 saturated heterocycles. The number of carbonyl (C=O) groups excluding carboxylic acids is 1. The third kappa shape index (κ3) is 6.21. The van der Waals surface area contributed by atoms with Crippen molar-refractivity contribution in [1.29, 1.82) is 0 Å². The molecule has 4 heterocycles. The van der Waals surface area contributed by atoms with E-state index < -0.39 is 24.1 Å². The monoisotopic (exact) mass is 589 g/mol. The molecular weight excluding hydrogens is 556 g/mol. The lowest BCUT2D eigenvalue weighted by molar-refractivity contribution is -0.154. The number of carbonyl (C=O) groups is 1. The van der Waals surface area contributed by atoms with Crippen molar-refractivity contribution in [2.45, 2.75) is 25.0 Å². The second-order valence-electron chi connectivity index (χ2n) is 10.7. The first kappa shape index (κ1) is 28.7. The van der Waals surface area contributed by atoms with Gasteiger partial charge in [-0.25, -0.2) is 18.9 Å². The average Bonchev–Trinajstić information content (AvgIpc) is 3.53. The van der Waals surface area contributed by atoms with Crippen LogP contribution in [0.25, 0.3) is 5.69 Å². The van der Waals surface area contributed by atoms with Crippen LogP contribution in [0.3, 0.4) is 0 Å². The maximum absolute atomic E-state index is 14.0. The van der Waals surface area contributed by atoms with E-state index in [2.05, 4.69) is 20.5 Å². The summed E-state index contributed by atoms with van der Waals surface area (Å²) in [6.45, 7) is 4.68. The van der Waals surface area contributed by atoms with E-state index in [0.29, 0.717) is 31.1 Å². The van der Waals surface area contributed by atoms with E-state index >= 15 is 0 Å². The maximum Gasteiger partial charge on any atom is 0.320 e. The van der Waals surface area contributed by atoms with Crippen LogP contribution in [-0.4, -0.2) is 71.8 Å². The lowest BCUT2D eigenvalue weighted by Crippen LogP contribution is -2.45. The minimum atomic E-state index is -0.623. The Hall–Kier alpha value is -4.39. The standard InChI is InChI=1S/C31H33F2N7O3/c1-20-29(36-31(41)35-26-19-39(14-15-42-2)43-28(26)22-12-13-34-27(33)16-22)40(25-6-4-3-5-7-25)37-30(20)38-17-23(18-38)21-8-10-24(32)11-9-21/h3-13,16,23,26,28H,14-15,17-19H2,1-2H3,(H2,35,36,41)/t26-,28+/m1/s1. The number of urea groups is 1. The number of hydrogen-bond acceptors (Lipinski definition) is 7. The Morgan fingerprint density at radius 3 is 2.53 bits per heavy atom. The number of halogens is 2. The van der Waals surface area contributed by atoms with Crippen molar-refractivity contribution in [3.63, 3.8) is 0 Å². The Balaban J connectivity index is 1.22. The van der Waals surface area contributed by atoms with E-state index in [1.165, 1.54) is 24.4 Å². The molecule has 2 atom stereocenters. The normalized spacial score (nSPS) is 18.9. The number of hydrogen-bond donors (Lipinski definition) is 2. The summed E-state index contributed by atoms with van der Waals surface area (Å²) in [7, 11) is 1.60. The fourth-order valence-corrected chi connectivity index (χ4v) is 5.54. The van der Waals surface area contributed by atoms with Gasteiger partial charge in [-0.2, -0.15) is 9.45 Å². The highest BCUT2D eigenvalue weighted by atomic mass is 19.1. The molecule has 2 aromatic carbocycles. The number of nitrogens with zero attached hydrogens (tertiary/aromatic N) is 5. The molecule has 0 radical (unpaired) electrons. The number of pyridine rings is 1. The minimum Gasteiger partial charge on any atom is -0.383 e.